The Morgan fingerprint density at radius 2 is 1.77 bits per heavy atom. The lowest BCUT2D eigenvalue weighted by Crippen LogP contribution is -2.60. The van der Waals surface area contributed by atoms with Crippen LogP contribution in [0.1, 0.15) is 41.7 Å². The fourth-order valence-corrected chi connectivity index (χ4v) is 3.65. The molecule has 2 aromatic carbocycles. The molecule has 3 N–H and O–H groups in total. The van der Waals surface area contributed by atoms with Crippen molar-refractivity contribution in [3.63, 3.8) is 0 Å². The van der Waals surface area contributed by atoms with Crippen molar-refractivity contribution in [2.24, 2.45) is 0 Å². The highest BCUT2D eigenvalue weighted by molar-refractivity contribution is 6.30. The summed E-state index contributed by atoms with van der Waals surface area (Å²) in [7, 11) is 0. The Bertz CT molecular complexity index is 880. The molecule has 0 aromatic heterocycles. The number of nitrogens with one attached hydrogen (secondary N) is 2. The van der Waals surface area contributed by atoms with Gasteiger partial charge in [-0.25, -0.2) is 4.79 Å². The number of carboxylic acid groups (broad SMARTS) is 1. The molecule has 1 fully saturated rings. The molecule has 1 aliphatic heterocycles. The van der Waals surface area contributed by atoms with Gasteiger partial charge in [0.25, 0.3) is 0 Å². The van der Waals surface area contributed by atoms with Crippen LogP contribution in [0.5, 0.6) is 5.75 Å². The lowest BCUT2D eigenvalue weighted by Gasteiger charge is -2.37. The summed E-state index contributed by atoms with van der Waals surface area (Å²) in [6, 6.07) is 13.4. The van der Waals surface area contributed by atoms with Crippen molar-refractivity contribution in [3.05, 3.63) is 64.7 Å². The van der Waals surface area contributed by atoms with E-state index in [2.05, 4.69) is 10.6 Å². The lowest BCUT2D eigenvalue weighted by molar-refractivity contribution is -0.132. The van der Waals surface area contributed by atoms with Crippen molar-refractivity contribution in [1.82, 2.24) is 10.6 Å². The van der Waals surface area contributed by atoms with Gasteiger partial charge in [-0.1, -0.05) is 23.7 Å². The predicted molar refractivity (Wildman–Crippen MR) is 118 cm³/mol. The minimum Gasteiger partial charge on any atom is -0.492 e. The van der Waals surface area contributed by atoms with E-state index in [0.29, 0.717) is 44.2 Å². The topological polar surface area (TPSA) is 96.9 Å². The van der Waals surface area contributed by atoms with Crippen LogP contribution in [-0.4, -0.2) is 48.9 Å². The van der Waals surface area contributed by atoms with E-state index in [4.69, 9.17) is 26.2 Å². The van der Waals surface area contributed by atoms with Gasteiger partial charge < -0.3 is 19.9 Å². The van der Waals surface area contributed by atoms with Crippen molar-refractivity contribution in [3.8, 4) is 5.75 Å². The fraction of sp³-hybridized carbons (Fsp3) is 0.391. The number of carbonyl (C=O) groups excluding carboxylic acids is 1. The Hall–Kier alpha value is -2.61. The second-order valence-electron chi connectivity index (χ2n) is 7.55. The minimum absolute atomic E-state index is 0.0999. The van der Waals surface area contributed by atoms with Crippen LogP contribution in [0.25, 0.3) is 0 Å². The molecule has 3 rings (SSSR count). The average Bonchev–Trinajstić information content (AvgIpc) is 2.78. The Morgan fingerprint density at radius 3 is 2.39 bits per heavy atom. The van der Waals surface area contributed by atoms with Gasteiger partial charge in [0.1, 0.15) is 17.9 Å². The summed E-state index contributed by atoms with van der Waals surface area (Å²) in [4.78, 5) is 24.2. The number of amides is 1. The molecule has 1 atom stereocenters. The van der Waals surface area contributed by atoms with Gasteiger partial charge in [0.05, 0.1) is 11.6 Å². The molecule has 1 heterocycles. The summed E-state index contributed by atoms with van der Waals surface area (Å²) in [6.45, 7) is 3.78. The zero-order chi connectivity index (χ0) is 22.3. The molecular formula is C23H27ClN2O5. The van der Waals surface area contributed by atoms with Crippen molar-refractivity contribution in [2.45, 2.75) is 31.3 Å². The minimum atomic E-state index is -0.977. The third-order valence-corrected chi connectivity index (χ3v) is 5.69. The molecule has 1 unspecified atom stereocenters. The summed E-state index contributed by atoms with van der Waals surface area (Å²) in [5.74, 6) is -0.360. The van der Waals surface area contributed by atoms with Crippen molar-refractivity contribution in [1.29, 1.82) is 0 Å². The zero-order valence-electron chi connectivity index (χ0n) is 17.4. The molecule has 166 valence electrons. The standard InChI is InChI=1S/C23H27ClN2O5/c1-16(17-2-4-18(5-3-17)21(27)28)26-22(29)23(10-13-30-14-11-23)25-12-15-31-20-8-6-19(24)7-9-20/h2-9,16,25H,10-15H2,1H3,(H,26,29)(H,27,28). The first-order valence-electron chi connectivity index (χ1n) is 10.2. The summed E-state index contributed by atoms with van der Waals surface area (Å²) in [5, 5.41) is 16.1. The van der Waals surface area contributed by atoms with Gasteiger partial charge >= 0.3 is 5.97 Å². The molecule has 8 heteroatoms. The highest BCUT2D eigenvalue weighted by atomic mass is 35.5. The van der Waals surface area contributed by atoms with E-state index in [9.17, 15) is 9.59 Å². The third kappa shape index (κ3) is 6.19. The van der Waals surface area contributed by atoms with Crippen LogP contribution in [0.2, 0.25) is 5.02 Å². The summed E-state index contributed by atoms with van der Waals surface area (Å²) < 4.78 is 11.2. The van der Waals surface area contributed by atoms with Crippen LogP contribution in [0.4, 0.5) is 0 Å². The van der Waals surface area contributed by atoms with Gasteiger partial charge in [0.2, 0.25) is 5.91 Å². The Kier molecular flexibility index (Phi) is 7.90. The van der Waals surface area contributed by atoms with Crippen molar-refractivity contribution >= 4 is 23.5 Å². The van der Waals surface area contributed by atoms with E-state index >= 15 is 0 Å². The van der Waals surface area contributed by atoms with Gasteiger partial charge in [-0.05, 0) is 61.7 Å². The fourth-order valence-electron chi connectivity index (χ4n) is 3.53. The van der Waals surface area contributed by atoms with E-state index in [1.807, 2.05) is 6.92 Å². The smallest absolute Gasteiger partial charge is 0.335 e. The van der Waals surface area contributed by atoms with Gasteiger partial charge in [0.15, 0.2) is 0 Å². The van der Waals surface area contributed by atoms with E-state index in [1.165, 1.54) is 12.1 Å². The quantitative estimate of drug-likeness (QED) is 0.510. The maximum Gasteiger partial charge on any atom is 0.335 e. The molecule has 0 spiro atoms. The largest absolute Gasteiger partial charge is 0.492 e. The molecule has 1 amide bonds. The third-order valence-electron chi connectivity index (χ3n) is 5.43. The number of aromatic carboxylic acids is 1. The Balaban J connectivity index is 1.58. The summed E-state index contributed by atoms with van der Waals surface area (Å²) >= 11 is 5.88. The number of carbonyl (C=O) groups is 2. The molecule has 0 saturated carbocycles. The molecule has 1 saturated heterocycles. The number of rotatable bonds is 9. The van der Waals surface area contributed by atoms with Crippen LogP contribution >= 0.6 is 11.6 Å². The van der Waals surface area contributed by atoms with Gasteiger partial charge in [0, 0.05) is 24.8 Å². The average molecular weight is 447 g/mol. The second-order valence-corrected chi connectivity index (χ2v) is 7.98. The normalized spacial score (nSPS) is 16.3. The first kappa shape index (κ1) is 23.1. The van der Waals surface area contributed by atoms with Gasteiger partial charge in [-0.3, -0.25) is 10.1 Å². The highest BCUT2D eigenvalue weighted by Crippen LogP contribution is 2.23. The van der Waals surface area contributed by atoms with E-state index in [-0.39, 0.29) is 17.5 Å². The Morgan fingerprint density at radius 1 is 1.13 bits per heavy atom. The molecular weight excluding hydrogens is 420 g/mol. The Labute approximate surface area is 186 Å². The molecule has 0 aliphatic carbocycles. The van der Waals surface area contributed by atoms with Crippen molar-refractivity contribution < 1.29 is 24.2 Å². The lowest BCUT2D eigenvalue weighted by atomic mass is 9.88. The van der Waals surface area contributed by atoms with Crippen LogP contribution < -0.4 is 15.4 Å². The molecule has 0 bridgehead atoms. The monoisotopic (exact) mass is 446 g/mol. The number of hydrogen-bond acceptors (Lipinski definition) is 5. The van der Waals surface area contributed by atoms with E-state index in [0.717, 1.165) is 11.3 Å². The molecule has 1 aliphatic rings. The number of ether oxygens (including phenoxy) is 2. The van der Waals surface area contributed by atoms with Gasteiger partial charge in [-0.2, -0.15) is 0 Å². The van der Waals surface area contributed by atoms with Crippen LogP contribution in [-0.2, 0) is 9.53 Å². The predicted octanol–water partition coefficient (Wildman–Crippen LogP) is 3.43. The van der Waals surface area contributed by atoms with E-state index in [1.54, 1.807) is 36.4 Å². The van der Waals surface area contributed by atoms with Crippen LogP contribution in [0.15, 0.2) is 48.5 Å². The summed E-state index contributed by atoms with van der Waals surface area (Å²) in [5.41, 5.74) is 0.314. The van der Waals surface area contributed by atoms with Crippen LogP contribution in [0.3, 0.4) is 0 Å². The molecule has 0 radical (unpaired) electrons. The summed E-state index contributed by atoms with van der Waals surface area (Å²) in [6.07, 6.45) is 1.12. The van der Waals surface area contributed by atoms with Crippen LogP contribution in [0, 0.1) is 0 Å². The molecule has 31 heavy (non-hydrogen) atoms. The second kappa shape index (κ2) is 10.6. The highest BCUT2D eigenvalue weighted by Gasteiger charge is 2.40. The maximum absolute atomic E-state index is 13.2. The number of benzene rings is 2. The first-order valence-corrected chi connectivity index (χ1v) is 10.6. The van der Waals surface area contributed by atoms with E-state index < -0.39 is 11.5 Å². The number of carboxylic acids is 1. The molecule has 2 aromatic rings. The number of halogens is 1. The SMILES string of the molecule is CC(NC(=O)C1(NCCOc2ccc(Cl)cc2)CCOCC1)c1ccc(C(=O)O)cc1. The van der Waals surface area contributed by atoms with Crippen molar-refractivity contribution in [2.75, 3.05) is 26.4 Å². The maximum atomic E-state index is 13.2. The number of hydrogen-bond donors (Lipinski definition) is 3. The van der Waals surface area contributed by atoms with Gasteiger partial charge in [-0.15, -0.1) is 0 Å². The zero-order valence-corrected chi connectivity index (χ0v) is 18.2. The first-order chi connectivity index (χ1) is 14.9. The molecule has 7 nitrogen and oxygen atoms in total.